The summed E-state index contributed by atoms with van der Waals surface area (Å²) in [6.07, 6.45) is 1.82. The lowest BCUT2D eigenvalue weighted by atomic mass is 10.0. The Bertz CT molecular complexity index is 1320. The van der Waals surface area contributed by atoms with E-state index in [2.05, 4.69) is 0 Å². The molecule has 0 aromatic heterocycles. The molecule has 1 atom stereocenters. The molecule has 0 spiro atoms. The minimum absolute atomic E-state index is 0.0843. The zero-order valence-electron chi connectivity index (χ0n) is 19.4. The molecule has 1 saturated heterocycles. The van der Waals surface area contributed by atoms with Crippen molar-refractivity contribution in [1.82, 2.24) is 4.90 Å². The molecule has 6 nitrogen and oxygen atoms in total. The van der Waals surface area contributed by atoms with E-state index in [1.54, 1.807) is 42.5 Å². The highest BCUT2D eigenvalue weighted by Gasteiger charge is 2.40. The van der Waals surface area contributed by atoms with Crippen molar-refractivity contribution in [2.24, 2.45) is 0 Å². The second kappa shape index (κ2) is 11.3. The van der Waals surface area contributed by atoms with E-state index in [4.69, 9.17) is 17.0 Å². The van der Waals surface area contributed by atoms with Gasteiger partial charge in [0, 0.05) is 12.0 Å². The van der Waals surface area contributed by atoms with E-state index < -0.39 is 17.9 Å². The van der Waals surface area contributed by atoms with Crippen LogP contribution >= 0.6 is 24.0 Å². The van der Waals surface area contributed by atoms with Gasteiger partial charge in [0.05, 0.1) is 4.91 Å². The smallest absolute Gasteiger partial charge is 0.327 e. The first-order valence-electron chi connectivity index (χ1n) is 11.2. The number of thiocarbonyl (C=S) groups is 1. The average molecular weight is 518 g/mol. The minimum Gasteiger partial charge on any atom is -0.485 e. The maximum Gasteiger partial charge on any atom is 0.327 e. The number of hydrogen-bond acceptors (Lipinski definition) is 6. The highest BCUT2D eigenvalue weighted by molar-refractivity contribution is 8.26. The van der Waals surface area contributed by atoms with Crippen LogP contribution in [0.1, 0.15) is 27.0 Å². The average Bonchev–Trinajstić information content (AvgIpc) is 3.15. The lowest BCUT2D eigenvalue weighted by molar-refractivity contribution is -0.145. The van der Waals surface area contributed by atoms with Gasteiger partial charge >= 0.3 is 5.97 Å². The lowest BCUT2D eigenvalue weighted by Crippen LogP contribution is -2.45. The number of rotatable bonds is 9. The molecule has 1 aliphatic heterocycles. The number of Topliss-reactive ketones (excluding diaryl/α,β-unsaturated/α-hetero) is 1. The molecule has 4 rings (SSSR count). The van der Waals surface area contributed by atoms with Crippen LogP contribution in [0.5, 0.6) is 5.75 Å². The molecular formula is C28H23NO5S2. The summed E-state index contributed by atoms with van der Waals surface area (Å²) in [6, 6.07) is 22.3. The third-order valence-corrected chi connectivity index (χ3v) is 6.94. The molecule has 1 fully saturated rings. The number of hydrogen-bond donors (Lipinski definition) is 1. The van der Waals surface area contributed by atoms with Gasteiger partial charge in [0.15, 0.2) is 12.4 Å². The van der Waals surface area contributed by atoms with Crippen molar-refractivity contribution in [2.75, 3.05) is 6.61 Å². The first-order chi connectivity index (χ1) is 17.3. The zero-order chi connectivity index (χ0) is 25.7. The number of carboxylic acids is 1. The van der Waals surface area contributed by atoms with Gasteiger partial charge in [-0.2, -0.15) is 0 Å². The monoisotopic (exact) mass is 517 g/mol. The highest BCUT2D eigenvalue weighted by atomic mass is 32.2. The van der Waals surface area contributed by atoms with Gasteiger partial charge in [0.2, 0.25) is 0 Å². The Labute approximate surface area is 218 Å². The Kier molecular flexibility index (Phi) is 7.97. The van der Waals surface area contributed by atoms with Crippen LogP contribution in [-0.2, 0) is 16.0 Å². The van der Waals surface area contributed by atoms with E-state index in [0.29, 0.717) is 16.2 Å². The fraction of sp³-hybridized carbons (Fsp3) is 0.143. The molecule has 0 aliphatic carbocycles. The summed E-state index contributed by atoms with van der Waals surface area (Å²) in [5.74, 6) is -1.14. The van der Waals surface area contributed by atoms with Crippen LogP contribution in [0.4, 0.5) is 0 Å². The van der Waals surface area contributed by atoms with Crippen molar-refractivity contribution < 1.29 is 24.2 Å². The summed E-state index contributed by atoms with van der Waals surface area (Å²) in [4.78, 5) is 38.9. The molecule has 182 valence electrons. The molecule has 1 heterocycles. The molecule has 36 heavy (non-hydrogen) atoms. The number of carboxylic acid groups (broad SMARTS) is 1. The van der Waals surface area contributed by atoms with Crippen molar-refractivity contribution >= 4 is 52.0 Å². The number of carbonyl (C=O) groups is 3. The van der Waals surface area contributed by atoms with Gasteiger partial charge in [-0.05, 0) is 36.3 Å². The van der Waals surface area contributed by atoms with Gasteiger partial charge < -0.3 is 9.84 Å². The zero-order valence-corrected chi connectivity index (χ0v) is 21.1. The summed E-state index contributed by atoms with van der Waals surface area (Å²) in [5, 5.41) is 9.79. The van der Waals surface area contributed by atoms with E-state index in [-0.39, 0.29) is 23.1 Å². The van der Waals surface area contributed by atoms with E-state index in [0.717, 1.165) is 28.5 Å². The molecule has 1 aliphatic rings. The summed E-state index contributed by atoms with van der Waals surface area (Å²) >= 11 is 6.44. The second-order valence-electron chi connectivity index (χ2n) is 8.24. The van der Waals surface area contributed by atoms with Crippen molar-refractivity contribution in [3.63, 3.8) is 0 Å². The van der Waals surface area contributed by atoms with Crippen LogP contribution in [0, 0.1) is 6.92 Å². The van der Waals surface area contributed by atoms with Gasteiger partial charge in [-0.15, -0.1) is 0 Å². The summed E-state index contributed by atoms with van der Waals surface area (Å²) in [6.45, 7) is 1.87. The number of ketones is 1. The van der Waals surface area contributed by atoms with Crippen molar-refractivity contribution in [3.05, 3.63) is 106 Å². The molecule has 0 bridgehead atoms. The molecule has 3 aromatic rings. The van der Waals surface area contributed by atoms with Gasteiger partial charge in [-0.3, -0.25) is 14.5 Å². The van der Waals surface area contributed by atoms with Crippen LogP contribution in [0.3, 0.4) is 0 Å². The molecule has 8 heteroatoms. The first kappa shape index (κ1) is 25.3. The molecule has 1 N–H and O–H groups in total. The molecule has 0 unspecified atom stereocenters. The third kappa shape index (κ3) is 6.08. The van der Waals surface area contributed by atoms with Crippen LogP contribution in [-0.4, -0.2) is 44.6 Å². The number of amides is 1. The largest absolute Gasteiger partial charge is 0.485 e. The van der Waals surface area contributed by atoms with Crippen LogP contribution in [0.2, 0.25) is 0 Å². The van der Waals surface area contributed by atoms with Gasteiger partial charge in [0.1, 0.15) is 16.1 Å². The highest BCUT2D eigenvalue weighted by Crippen LogP contribution is 2.35. The van der Waals surface area contributed by atoms with Crippen LogP contribution in [0.15, 0.2) is 83.8 Å². The van der Waals surface area contributed by atoms with Gasteiger partial charge in [-0.25, -0.2) is 4.79 Å². The van der Waals surface area contributed by atoms with E-state index in [1.165, 1.54) is 4.90 Å². The number of nitrogens with zero attached hydrogens (tertiary/aromatic N) is 1. The number of thioether (sulfide) groups is 1. The van der Waals surface area contributed by atoms with E-state index in [1.807, 2.05) is 49.4 Å². The number of aryl methyl sites for hydroxylation is 1. The molecule has 1 amide bonds. The third-order valence-electron chi connectivity index (χ3n) is 5.61. The number of ether oxygens (including phenoxy) is 1. The van der Waals surface area contributed by atoms with E-state index >= 15 is 0 Å². The summed E-state index contributed by atoms with van der Waals surface area (Å²) < 4.78 is 5.82. The molecular weight excluding hydrogens is 494 g/mol. The SMILES string of the molecule is Cc1ccc(C(=O)COc2ccc(/C=C3\SC(=S)N([C@@H](Cc4ccccc4)C(=O)O)C3=O)cc2)cc1. The van der Waals surface area contributed by atoms with Gasteiger partial charge in [-0.1, -0.05) is 96.3 Å². The minimum atomic E-state index is -1.11. The number of aliphatic carboxylic acids is 1. The van der Waals surface area contributed by atoms with Crippen molar-refractivity contribution in [2.45, 2.75) is 19.4 Å². The first-order valence-corrected chi connectivity index (χ1v) is 12.4. The van der Waals surface area contributed by atoms with Crippen LogP contribution in [0.25, 0.3) is 6.08 Å². The predicted octanol–water partition coefficient (Wildman–Crippen LogP) is 5.15. The number of benzene rings is 3. The standard InChI is InChI=1S/C28H23NO5S2/c1-18-7-11-21(12-8-18)24(30)17-34-22-13-9-20(10-14-22)16-25-26(31)29(28(35)36-25)23(27(32)33)15-19-5-3-2-4-6-19/h2-14,16,23H,15,17H2,1H3,(H,32,33)/b25-16-/t23-/m0/s1. The predicted molar refractivity (Wildman–Crippen MR) is 144 cm³/mol. The van der Waals surface area contributed by atoms with E-state index in [9.17, 15) is 19.5 Å². The fourth-order valence-corrected chi connectivity index (χ4v) is 5.01. The summed E-state index contributed by atoms with van der Waals surface area (Å²) in [5.41, 5.74) is 3.20. The summed E-state index contributed by atoms with van der Waals surface area (Å²) in [7, 11) is 0. The lowest BCUT2D eigenvalue weighted by Gasteiger charge is -2.23. The van der Waals surface area contributed by atoms with Crippen molar-refractivity contribution in [3.8, 4) is 5.75 Å². The second-order valence-corrected chi connectivity index (χ2v) is 9.92. The van der Waals surface area contributed by atoms with Gasteiger partial charge in [0.25, 0.3) is 5.91 Å². The molecule has 0 radical (unpaired) electrons. The Balaban J connectivity index is 1.42. The normalized spacial score (nSPS) is 15.2. The molecule has 3 aromatic carbocycles. The van der Waals surface area contributed by atoms with Crippen LogP contribution < -0.4 is 4.74 Å². The Morgan fingerprint density at radius 1 is 1.03 bits per heavy atom. The molecule has 0 saturated carbocycles. The number of carbonyl (C=O) groups excluding carboxylic acids is 2. The quantitative estimate of drug-likeness (QED) is 0.239. The fourth-order valence-electron chi connectivity index (χ4n) is 3.66. The Morgan fingerprint density at radius 2 is 1.69 bits per heavy atom. The maximum atomic E-state index is 13.1. The maximum absolute atomic E-state index is 13.1. The van der Waals surface area contributed by atoms with Crippen molar-refractivity contribution in [1.29, 1.82) is 0 Å². The Hall–Kier alpha value is -3.75. The Morgan fingerprint density at radius 3 is 2.33 bits per heavy atom. The topological polar surface area (TPSA) is 83.9 Å².